The van der Waals surface area contributed by atoms with Crippen LogP contribution < -0.4 is 4.90 Å². The summed E-state index contributed by atoms with van der Waals surface area (Å²) in [6, 6.07) is 4.76. The van der Waals surface area contributed by atoms with Gasteiger partial charge in [0.2, 0.25) is 0 Å². The van der Waals surface area contributed by atoms with E-state index in [0.717, 1.165) is 35.9 Å². The second-order valence-electron chi connectivity index (χ2n) is 5.93. The van der Waals surface area contributed by atoms with Gasteiger partial charge in [0.15, 0.2) is 0 Å². The van der Waals surface area contributed by atoms with E-state index in [1.165, 1.54) is 38.8 Å². The molecule has 0 amide bonds. The highest BCUT2D eigenvalue weighted by Gasteiger charge is 2.27. The first-order valence-electron chi connectivity index (χ1n) is 7.73. The molecule has 0 spiro atoms. The lowest BCUT2D eigenvalue weighted by Gasteiger charge is -2.37. The smallest absolute Gasteiger partial charge is 0.139 e. The highest BCUT2D eigenvalue weighted by atomic mass is 16.3. The number of rotatable bonds is 2. The zero-order chi connectivity index (χ0) is 13.4. The maximum absolute atomic E-state index is 5.48. The van der Waals surface area contributed by atoms with Crippen LogP contribution in [-0.4, -0.2) is 42.1 Å². The van der Waals surface area contributed by atoms with Crippen LogP contribution in [0.2, 0.25) is 0 Å². The molecule has 2 fully saturated rings. The van der Waals surface area contributed by atoms with E-state index in [0.29, 0.717) is 0 Å². The summed E-state index contributed by atoms with van der Waals surface area (Å²) in [6.45, 7) is 4.83. The molecule has 2 aromatic rings. The zero-order valence-corrected chi connectivity index (χ0v) is 11.8. The summed E-state index contributed by atoms with van der Waals surface area (Å²) in [5.74, 6) is 1.09. The van der Waals surface area contributed by atoms with Gasteiger partial charge in [-0.05, 0) is 50.9 Å². The Balaban J connectivity index is 1.50. The van der Waals surface area contributed by atoms with E-state index < -0.39 is 0 Å². The Kier molecular flexibility index (Phi) is 3.11. The van der Waals surface area contributed by atoms with Gasteiger partial charge in [0.1, 0.15) is 11.4 Å². The second kappa shape index (κ2) is 5.09. The van der Waals surface area contributed by atoms with Crippen LogP contribution in [0, 0.1) is 0 Å². The van der Waals surface area contributed by atoms with Crippen molar-refractivity contribution in [1.29, 1.82) is 0 Å². The summed E-state index contributed by atoms with van der Waals surface area (Å²) in [5.41, 5.74) is 0.941. The fourth-order valence-electron chi connectivity index (χ4n) is 3.68. The molecule has 2 aliphatic rings. The molecule has 2 aliphatic heterocycles. The number of anilines is 1. The Morgan fingerprint density at radius 2 is 1.85 bits per heavy atom. The van der Waals surface area contributed by atoms with Gasteiger partial charge in [0, 0.05) is 25.3 Å². The van der Waals surface area contributed by atoms with Crippen molar-refractivity contribution < 1.29 is 4.42 Å². The molecule has 0 aliphatic carbocycles. The molecule has 2 saturated heterocycles. The van der Waals surface area contributed by atoms with E-state index in [-0.39, 0.29) is 0 Å². The summed E-state index contributed by atoms with van der Waals surface area (Å²) in [5, 5.41) is 1.15. The Hall–Kier alpha value is -1.55. The second-order valence-corrected chi connectivity index (χ2v) is 5.93. The van der Waals surface area contributed by atoms with Crippen molar-refractivity contribution in [1.82, 2.24) is 9.88 Å². The minimum atomic E-state index is 0.789. The first-order chi connectivity index (χ1) is 9.92. The van der Waals surface area contributed by atoms with Gasteiger partial charge in [-0.25, -0.2) is 4.98 Å². The third-order valence-corrected chi connectivity index (χ3v) is 4.78. The highest BCUT2D eigenvalue weighted by Crippen LogP contribution is 2.29. The maximum Gasteiger partial charge on any atom is 0.139 e. The van der Waals surface area contributed by atoms with Gasteiger partial charge >= 0.3 is 0 Å². The molecule has 20 heavy (non-hydrogen) atoms. The standard InChI is InChI=1S/C16H21N3O/c1-2-9-18(8-1)13-4-10-19(11-5-13)16-14-6-12-20-15(14)3-7-17-16/h3,6-7,12-13H,1-2,4-5,8-11H2. The number of likely N-dealkylation sites (tertiary alicyclic amines) is 1. The number of piperidine rings is 1. The number of nitrogens with zero attached hydrogens (tertiary/aromatic N) is 3. The van der Waals surface area contributed by atoms with E-state index in [1.54, 1.807) is 6.26 Å². The molecule has 4 rings (SSSR count). The molecule has 4 nitrogen and oxygen atoms in total. The normalized spacial score (nSPS) is 21.9. The molecule has 0 saturated carbocycles. The summed E-state index contributed by atoms with van der Waals surface area (Å²) in [6.07, 6.45) is 8.90. The number of hydrogen-bond donors (Lipinski definition) is 0. The quantitative estimate of drug-likeness (QED) is 0.840. The number of aromatic nitrogens is 1. The summed E-state index contributed by atoms with van der Waals surface area (Å²) < 4.78 is 5.48. The maximum atomic E-state index is 5.48. The van der Waals surface area contributed by atoms with Crippen molar-refractivity contribution in [2.75, 3.05) is 31.1 Å². The molecule has 4 heterocycles. The Morgan fingerprint density at radius 3 is 2.65 bits per heavy atom. The fraction of sp³-hybridized carbons (Fsp3) is 0.562. The van der Waals surface area contributed by atoms with Crippen LogP contribution in [0.5, 0.6) is 0 Å². The minimum absolute atomic E-state index is 0.789. The molecule has 0 N–H and O–H groups in total. The van der Waals surface area contributed by atoms with Crippen molar-refractivity contribution in [3.05, 3.63) is 24.6 Å². The molecule has 0 unspecified atom stereocenters. The summed E-state index contributed by atoms with van der Waals surface area (Å²) >= 11 is 0. The van der Waals surface area contributed by atoms with Crippen LogP contribution >= 0.6 is 0 Å². The van der Waals surface area contributed by atoms with E-state index >= 15 is 0 Å². The minimum Gasteiger partial charge on any atom is -0.464 e. The average Bonchev–Trinajstić information content (AvgIpc) is 3.18. The zero-order valence-electron chi connectivity index (χ0n) is 11.8. The van der Waals surface area contributed by atoms with Gasteiger partial charge in [-0.1, -0.05) is 0 Å². The van der Waals surface area contributed by atoms with Crippen LogP contribution in [0.25, 0.3) is 11.0 Å². The third kappa shape index (κ3) is 2.08. The van der Waals surface area contributed by atoms with Crippen molar-refractivity contribution in [2.45, 2.75) is 31.7 Å². The first-order valence-corrected chi connectivity index (χ1v) is 7.73. The van der Waals surface area contributed by atoms with E-state index in [4.69, 9.17) is 4.42 Å². The number of pyridine rings is 1. The molecule has 0 radical (unpaired) electrons. The largest absolute Gasteiger partial charge is 0.464 e. The third-order valence-electron chi connectivity index (χ3n) is 4.78. The SMILES string of the molecule is c1cc2occc2c(N2CCC(N3CCCC3)CC2)n1. The van der Waals surface area contributed by atoms with E-state index in [9.17, 15) is 0 Å². The summed E-state index contributed by atoms with van der Waals surface area (Å²) in [4.78, 5) is 9.68. The van der Waals surface area contributed by atoms with Crippen LogP contribution in [0.3, 0.4) is 0 Å². The van der Waals surface area contributed by atoms with Crippen molar-refractivity contribution in [3.8, 4) is 0 Å². The number of fused-ring (bicyclic) bond motifs is 1. The first kappa shape index (κ1) is 12.2. The van der Waals surface area contributed by atoms with E-state index in [1.807, 2.05) is 18.3 Å². The Bertz CT molecular complexity index is 580. The topological polar surface area (TPSA) is 32.5 Å². The van der Waals surface area contributed by atoms with Crippen LogP contribution in [0.1, 0.15) is 25.7 Å². The van der Waals surface area contributed by atoms with Crippen molar-refractivity contribution >= 4 is 16.8 Å². The Labute approximate surface area is 119 Å². The van der Waals surface area contributed by atoms with Gasteiger partial charge < -0.3 is 14.2 Å². The molecular formula is C16H21N3O. The van der Waals surface area contributed by atoms with Crippen molar-refractivity contribution in [3.63, 3.8) is 0 Å². The monoisotopic (exact) mass is 271 g/mol. The fourth-order valence-corrected chi connectivity index (χ4v) is 3.68. The van der Waals surface area contributed by atoms with Gasteiger partial charge in [0.25, 0.3) is 0 Å². The molecule has 4 heteroatoms. The lowest BCUT2D eigenvalue weighted by atomic mass is 10.0. The van der Waals surface area contributed by atoms with Crippen LogP contribution in [0.15, 0.2) is 29.0 Å². The molecule has 106 valence electrons. The molecule has 0 bridgehead atoms. The molecule has 0 atom stereocenters. The Morgan fingerprint density at radius 1 is 1.05 bits per heavy atom. The lowest BCUT2D eigenvalue weighted by molar-refractivity contribution is 0.208. The van der Waals surface area contributed by atoms with Gasteiger partial charge in [-0.3, -0.25) is 0 Å². The lowest BCUT2D eigenvalue weighted by Crippen LogP contribution is -2.44. The van der Waals surface area contributed by atoms with Gasteiger partial charge in [0.05, 0.1) is 11.6 Å². The molecule has 2 aromatic heterocycles. The predicted molar refractivity (Wildman–Crippen MR) is 80.1 cm³/mol. The average molecular weight is 271 g/mol. The van der Waals surface area contributed by atoms with Crippen LogP contribution in [0.4, 0.5) is 5.82 Å². The van der Waals surface area contributed by atoms with Gasteiger partial charge in [-0.15, -0.1) is 0 Å². The summed E-state index contributed by atoms with van der Waals surface area (Å²) in [7, 11) is 0. The number of hydrogen-bond acceptors (Lipinski definition) is 4. The highest BCUT2D eigenvalue weighted by molar-refractivity contribution is 5.88. The van der Waals surface area contributed by atoms with Crippen molar-refractivity contribution in [2.24, 2.45) is 0 Å². The predicted octanol–water partition coefficient (Wildman–Crippen LogP) is 2.89. The van der Waals surface area contributed by atoms with E-state index in [2.05, 4.69) is 14.8 Å². The van der Waals surface area contributed by atoms with Crippen LogP contribution in [-0.2, 0) is 0 Å². The molecular weight excluding hydrogens is 250 g/mol. The van der Waals surface area contributed by atoms with Gasteiger partial charge in [-0.2, -0.15) is 0 Å². The number of furan rings is 1. The molecule has 0 aromatic carbocycles.